The quantitative estimate of drug-likeness (QED) is 0.585. The molecule has 2 rings (SSSR count). The predicted molar refractivity (Wildman–Crippen MR) is 96.8 cm³/mol. The van der Waals surface area contributed by atoms with Crippen molar-refractivity contribution in [3.63, 3.8) is 0 Å². The number of methoxy groups -OCH3 is 1. The lowest BCUT2D eigenvalue weighted by atomic mass is 10.1. The topological polar surface area (TPSA) is 84.9 Å². The minimum atomic E-state index is -0.913. The van der Waals surface area contributed by atoms with Gasteiger partial charge in [-0.1, -0.05) is 12.1 Å². The molecular weight excluding hydrogens is 336 g/mol. The zero-order valence-electron chi connectivity index (χ0n) is 15.7. The minimum Gasteiger partial charge on any atom is -0.452 e. The number of esters is 1. The molecule has 0 aromatic heterocycles. The molecule has 0 spiro atoms. The number of carbonyl (C=O) groups excluding carboxylic acids is 3. The highest BCUT2D eigenvalue weighted by Crippen LogP contribution is 2.30. The van der Waals surface area contributed by atoms with Gasteiger partial charge >= 0.3 is 5.97 Å². The minimum absolute atomic E-state index is 0.0875. The number of ether oxygens (including phenoxy) is 2. The molecule has 1 aliphatic heterocycles. The highest BCUT2D eigenvalue weighted by Gasteiger charge is 2.37. The van der Waals surface area contributed by atoms with E-state index in [2.05, 4.69) is 5.32 Å². The number of nitrogens with zero attached hydrogens (tertiary/aromatic N) is 1. The molecule has 1 aromatic carbocycles. The van der Waals surface area contributed by atoms with Crippen LogP contribution in [0.1, 0.15) is 24.5 Å². The Balaban J connectivity index is 1.96. The first-order valence-corrected chi connectivity index (χ1v) is 8.68. The van der Waals surface area contributed by atoms with Gasteiger partial charge in [-0.3, -0.25) is 14.4 Å². The molecule has 0 radical (unpaired) electrons. The first kappa shape index (κ1) is 19.9. The van der Waals surface area contributed by atoms with Crippen molar-refractivity contribution in [1.29, 1.82) is 0 Å². The fourth-order valence-electron chi connectivity index (χ4n) is 2.87. The highest BCUT2D eigenvalue weighted by atomic mass is 16.5. The van der Waals surface area contributed by atoms with Gasteiger partial charge in [-0.15, -0.1) is 0 Å². The van der Waals surface area contributed by atoms with E-state index in [0.29, 0.717) is 13.2 Å². The summed E-state index contributed by atoms with van der Waals surface area (Å²) in [6, 6.07) is 5.75. The number of rotatable bonds is 7. The third-order valence-electron chi connectivity index (χ3n) is 4.59. The molecule has 1 heterocycles. The number of amides is 2. The predicted octanol–water partition coefficient (Wildman–Crippen LogP) is 1.35. The Morgan fingerprint density at radius 2 is 2.08 bits per heavy atom. The van der Waals surface area contributed by atoms with Crippen molar-refractivity contribution >= 4 is 23.5 Å². The van der Waals surface area contributed by atoms with Crippen LogP contribution in [-0.2, 0) is 23.9 Å². The number of benzene rings is 1. The number of nitrogens with one attached hydrogen (secondary N) is 1. The van der Waals surface area contributed by atoms with Gasteiger partial charge in [0, 0.05) is 32.3 Å². The lowest BCUT2D eigenvalue weighted by molar-refractivity contribution is -0.158. The van der Waals surface area contributed by atoms with E-state index in [0.717, 1.165) is 16.8 Å². The molecule has 2 atom stereocenters. The molecule has 1 aliphatic rings. The second kappa shape index (κ2) is 8.80. The molecule has 2 amide bonds. The normalized spacial score (nSPS) is 17.9. The fraction of sp³-hybridized carbons (Fsp3) is 0.526. The van der Waals surface area contributed by atoms with Crippen LogP contribution in [0.25, 0.3) is 0 Å². The van der Waals surface area contributed by atoms with Crippen molar-refractivity contribution in [2.75, 3.05) is 31.7 Å². The first-order valence-electron chi connectivity index (χ1n) is 8.68. The number of hydrogen-bond acceptors (Lipinski definition) is 5. The largest absolute Gasteiger partial charge is 0.452 e. The summed E-state index contributed by atoms with van der Waals surface area (Å²) in [5.41, 5.74) is 2.92. The van der Waals surface area contributed by atoms with E-state index in [1.54, 1.807) is 4.90 Å². The summed E-state index contributed by atoms with van der Waals surface area (Å²) in [4.78, 5) is 38.2. The zero-order valence-corrected chi connectivity index (χ0v) is 15.7. The maximum absolute atomic E-state index is 12.4. The Morgan fingerprint density at radius 3 is 2.77 bits per heavy atom. The Bertz CT molecular complexity index is 689. The van der Waals surface area contributed by atoms with Crippen molar-refractivity contribution in [3.05, 3.63) is 29.3 Å². The van der Waals surface area contributed by atoms with Crippen molar-refractivity contribution in [2.24, 2.45) is 5.92 Å². The maximum Gasteiger partial charge on any atom is 0.312 e. The monoisotopic (exact) mass is 362 g/mol. The van der Waals surface area contributed by atoms with Crippen LogP contribution in [0.3, 0.4) is 0 Å². The van der Waals surface area contributed by atoms with Crippen LogP contribution in [-0.4, -0.2) is 50.7 Å². The van der Waals surface area contributed by atoms with Gasteiger partial charge in [-0.25, -0.2) is 0 Å². The molecule has 0 saturated carbocycles. The lowest BCUT2D eigenvalue weighted by Crippen LogP contribution is -2.38. The second-order valence-corrected chi connectivity index (χ2v) is 6.49. The summed E-state index contributed by atoms with van der Waals surface area (Å²) in [6.45, 7) is 6.44. The highest BCUT2D eigenvalue weighted by molar-refractivity contribution is 6.00. The Kier molecular flexibility index (Phi) is 6.74. The summed E-state index contributed by atoms with van der Waals surface area (Å²) in [6.07, 6.45) is -0.825. The number of anilines is 1. The molecule has 26 heavy (non-hydrogen) atoms. The Labute approximate surface area is 153 Å². The van der Waals surface area contributed by atoms with Crippen molar-refractivity contribution < 1.29 is 23.9 Å². The summed E-state index contributed by atoms with van der Waals surface area (Å²) in [7, 11) is 1.54. The summed E-state index contributed by atoms with van der Waals surface area (Å²) in [5.74, 6) is -1.60. The summed E-state index contributed by atoms with van der Waals surface area (Å²) < 4.78 is 10.1. The van der Waals surface area contributed by atoms with Gasteiger partial charge in [0.1, 0.15) is 0 Å². The van der Waals surface area contributed by atoms with E-state index >= 15 is 0 Å². The van der Waals surface area contributed by atoms with Crippen LogP contribution in [0.4, 0.5) is 5.69 Å². The average molecular weight is 362 g/mol. The van der Waals surface area contributed by atoms with Crippen LogP contribution in [0.2, 0.25) is 0 Å². The molecule has 1 fully saturated rings. The zero-order chi connectivity index (χ0) is 19.3. The third-order valence-corrected chi connectivity index (χ3v) is 4.59. The van der Waals surface area contributed by atoms with Gasteiger partial charge in [-0.05, 0) is 38.0 Å². The van der Waals surface area contributed by atoms with Crippen LogP contribution < -0.4 is 10.2 Å². The smallest absolute Gasteiger partial charge is 0.312 e. The van der Waals surface area contributed by atoms with Gasteiger partial charge < -0.3 is 19.7 Å². The van der Waals surface area contributed by atoms with Crippen LogP contribution >= 0.6 is 0 Å². The van der Waals surface area contributed by atoms with E-state index in [4.69, 9.17) is 9.47 Å². The fourth-order valence-corrected chi connectivity index (χ4v) is 2.87. The van der Waals surface area contributed by atoms with Gasteiger partial charge in [0.25, 0.3) is 5.91 Å². The molecule has 0 unspecified atom stereocenters. The third kappa shape index (κ3) is 4.60. The van der Waals surface area contributed by atoms with Crippen LogP contribution in [0.15, 0.2) is 18.2 Å². The second-order valence-electron chi connectivity index (χ2n) is 6.49. The maximum atomic E-state index is 12.4. The summed E-state index contributed by atoms with van der Waals surface area (Å²) >= 11 is 0. The summed E-state index contributed by atoms with van der Waals surface area (Å²) in [5, 5.41) is 2.62. The number of carbonyl (C=O) groups is 3. The standard InChI is InChI=1S/C19H26N2O5/c1-12-6-5-7-16(13(12)2)21-11-15(10-17(21)22)19(24)26-14(3)18(23)20-8-9-25-4/h5-7,14-15H,8-11H2,1-4H3,(H,20,23)/t14-,15-/m1/s1. The van der Waals surface area contributed by atoms with Crippen LogP contribution in [0.5, 0.6) is 0 Å². The van der Waals surface area contributed by atoms with Gasteiger partial charge in [-0.2, -0.15) is 0 Å². The van der Waals surface area contributed by atoms with Crippen LogP contribution in [0, 0.1) is 19.8 Å². The van der Waals surface area contributed by atoms with E-state index < -0.39 is 18.0 Å². The van der Waals surface area contributed by atoms with Crippen molar-refractivity contribution in [1.82, 2.24) is 5.32 Å². The Morgan fingerprint density at radius 1 is 1.35 bits per heavy atom. The van der Waals surface area contributed by atoms with E-state index in [-0.39, 0.29) is 24.8 Å². The molecule has 1 N–H and O–H groups in total. The molecule has 0 aliphatic carbocycles. The van der Waals surface area contributed by atoms with Gasteiger partial charge in [0.2, 0.25) is 5.91 Å². The average Bonchev–Trinajstić information content (AvgIpc) is 2.99. The molecular formula is C19H26N2O5. The SMILES string of the molecule is COCCNC(=O)[C@@H](C)OC(=O)[C@@H]1CC(=O)N(c2cccc(C)c2C)C1. The molecule has 0 bridgehead atoms. The lowest BCUT2D eigenvalue weighted by Gasteiger charge is -2.20. The van der Waals surface area contributed by atoms with Crippen molar-refractivity contribution in [3.8, 4) is 0 Å². The van der Waals surface area contributed by atoms with Gasteiger partial charge in [0.05, 0.1) is 12.5 Å². The Hall–Kier alpha value is -2.41. The van der Waals surface area contributed by atoms with E-state index in [9.17, 15) is 14.4 Å². The molecule has 7 nitrogen and oxygen atoms in total. The molecule has 142 valence electrons. The number of aryl methyl sites for hydroxylation is 1. The van der Waals surface area contributed by atoms with Crippen molar-refractivity contribution in [2.45, 2.75) is 33.3 Å². The van der Waals surface area contributed by atoms with E-state index in [1.807, 2.05) is 32.0 Å². The van der Waals surface area contributed by atoms with E-state index in [1.165, 1.54) is 14.0 Å². The number of hydrogen-bond donors (Lipinski definition) is 1. The molecule has 1 saturated heterocycles. The van der Waals surface area contributed by atoms with Gasteiger partial charge in [0.15, 0.2) is 6.10 Å². The molecule has 1 aromatic rings. The molecule has 7 heteroatoms. The first-order chi connectivity index (χ1) is 12.3.